The molecule has 4 nitrogen and oxygen atoms in total. The van der Waals surface area contributed by atoms with E-state index >= 15 is 0 Å². The maximum Gasteiger partial charge on any atom is 0.250 e. The summed E-state index contributed by atoms with van der Waals surface area (Å²) in [6, 6.07) is 3.52. The molecule has 0 saturated carbocycles. The highest BCUT2D eigenvalue weighted by Gasteiger charge is 2.27. The first-order chi connectivity index (χ1) is 7.98. The largest absolute Gasteiger partial charge is 0.329 e. The number of nitrogens with two attached hydrogens (primary N) is 1. The minimum atomic E-state index is -3.48. The van der Waals surface area contributed by atoms with Gasteiger partial charge in [-0.3, -0.25) is 0 Å². The zero-order valence-electron chi connectivity index (χ0n) is 12.0. The Bertz CT molecular complexity index is 516. The minimum absolute atomic E-state index is 0. The van der Waals surface area contributed by atoms with Gasteiger partial charge in [0.15, 0.2) is 0 Å². The van der Waals surface area contributed by atoms with Crippen molar-refractivity contribution >= 4 is 33.8 Å². The molecule has 0 fully saturated rings. The quantitative estimate of drug-likeness (QED) is 0.892. The minimum Gasteiger partial charge on any atom is -0.329 e. The molecular formula is C12H23ClN2O2S2. The zero-order chi connectivity index (χ0) is 14.2. The third-order valence-electron chi connectivity index (χ3n) is 2.51. The fourth-order valence-electron chi connectivity index (χ4n) is 1.32. The van der Waals surface area contributed by atoms with E-state index in [0.29, 0.717) is 4.21 Å². The maximum atomic E-state index is 12.2. The fourth-order valence-corrected chi connectivity index (χ4v) is 4.11. The smallest absolute Gasteiger partial charge is 0.250 e. The zero-order valence-corrected chi connectivity index (χ0v) is 14.4. The second-order valence-electron chi connectivity index (χ2n) is 6.06. The van der Waals surface area contributed by atoms with Crippen molar-refractivity contribution in [2.45, 2.75) is 49.8 Å². The number of sulfonamides is 1. The van der Waals surface area contributed by atoms with E-state index in [9.17, 15) is 8.42 Å². The summed E-state index contributed by atoms with van der Waals surface area (Å²) in [5, 5.41) is 0. The lowest BCUT2D eigenvalue weighted by atomic mass is 9.95. The molecule has 1 rings (SSSR count). The number of hydrogen-bond acceptors (Lipinski definition) is 4. The Morgan fingerprint density at radius 2 is 1.74 bits per heavy atom. The summed E-state index contributed by atoms with van der Waals surface area (Å²) in [6.45, 7) is 9.97. The van der Waals surface area contributed by atoms with Gasteiger partial charge in [0.1, 0.15) is 4.21 Å². The van der Waals surface area contributed by atoms with Crippen LogP contribution < -0.4 is 10.5 Å². The van der Waals surface area contributed by atoms with Gasteiger partial charge in [-0.25, -0.2) is 13.1 Å². The summed E-state index contributed by atoms with van der Waals surface area (Å²) in [5.41, 5.74) is 4.87. The van der Waals surface area contributed by atoms with Crippen LogP contribution in [0.1, 0.15) is 39.5 Å². The van der Waals surface area contributed by atoms with Crippen molar-refractivity contribution in [3.05, 3.63) is 17.0 Å². The summed E-state index contributed by atoms with van der Waals surface area (Å²) >= 11 is 1.31. The molecule has 19 heavy (non-hydrogen) atoms. The van der Waals surface area contributed by atoms with Crippen molar-refractivity contribution in [1.82, 2.24) is 4.72 Å². The first-order valence-electron chi connectivity index (χ1n) is 5.82. The normalized spacial score (nSPS) is 13.2. The van der Waals surface area contributed by atoms with Crippen LogP contribution in [0.15, 0.2) is 16.3 Å². The molecule has 7 heteroatoms. The monoisotopic (exact) mass is 326 g/mol. The van der Waals surface area contributed by atoms with Gasteiger partial charge in [0.25, 0.3) is 10.0 Å². The Labute approximate surface area is 126 Å². The summed E-state index contributed by atoms with van der Waals surface area (Å²) in [5.74, 6) is 0. The summed E-state index contributed by atoms with van der Waals surface area (Å²) < 4.78 is 27.3. The van der Waals surface area contributed by atoms with E-state index in [4.69, 9.17) is 5.73 Å². The van der Waals surface area contributed by atoms with Crippen LogP contribution in [0.4, 0.5) is 0 Å². The molecule has 0 unspecified atom stereocenters. The van der Waals surface area contributed by atoms with Crippen LogP contribution in [0.3, 0.4) is 0 Å². The number of halogens is 1. The Hall–Kier alpha value is -0.140. The molecule has 0 atom stereocenters. The molecule has 0 aliphatic carbocycles. The van der Waals surface area contributed by atoms with Crippen LogP contribution in [0.5, 0.6) is 0 Å². The summed E-state index contributed by atoms with van der Waals surface area (Å²) in [6.07, 6.45) is 0. The van der Waals surface area contributed by atoms with Crippen molar-refractivity contribution in [3.63, 3.8) is 0 Å². The number of hydrogen-bond donors (Lipinski definition) is 2. The SMILES string of the molecule is CC(C)(CN)NS(=O)(=O)c1ccc(C(C)(C)C)s1.Cl. The Morgan fingerprint density at radius 1 is 1.21 bits per heavy atom. The first-order valence-corrected chi connectivity index (χ1v) is 8.12. The van der Waals surface area contributed by atoms with Crippen molar-refractivity contribution in [2.75, 3.05) is 6.54 Å². The van der Waals surface area contributed by atoms with E-state index in [1.165, 1.54) is 11.3 Å². The topological polar surface area (TPSA) is 72.2 Å². The van der Waals surface area contributed by atoms with Gasteiger partial charge in [0.05, 0.1) is 0 Å². The highest BCUT2D eigenvalue weighted by molar-refractivity contribution is 7.91. The van der Waals surface area contributed by atoms with Crippen LogP contribution in [-0.4, -0.2) is 20.5 Å². The number of thiophene rings is 1. The van der Waals surface area contributed by atoms with Crippen LogP contribution >= 0.6 is 23.7 Å². The average Bonchev–Trinajstić information content (AvgIpc) is 2.64. The molecule has 1 aromatic rings. The van der Waals surface area contributed by atoms with Gasteiger partial charge in [0.2, 0.25) is 0 Å². The summed E-state index contributed by atoms with van der Waals surface area (Å²) in [7, 11) is -3.48. The number of rotatable bonds is 4. The van der Waals surface area contributed by atoms with Crippen molar-refractivity contribution in [3.8, 4) is 0 Å². The Kier molecular flexibility index (Phi) is 6.05. The fraction of sp³-hybridized carbons (Fsp3) is 0.667. The highest BCUT2D eigenvalue weighted by Crippen LogP contribution is 2.31. The lowest BCUT2D eigenvalue weighted by molar-refractivity contribution is 0.463. The van der Waals surface area contributed by atoms with Gasteiger partial charge < -0.3 is 5.73 Å². The molecule has 0 radical (unpaired) electrons. The molecule has 0 aliphatic heterocycles. The molecule has 1 heterocycles. The van der Waals surface area contributed by atoms with E-state index in [-0.39, 0.29) is 24.4 Å². The van der Waals surface area contributed by atoms with Gasteiger partial charge in [-0.15, -0.1) is 23.7 Å². The number of nitrogens with one attached hydrogen (secondary N) is 1. The molecule has 0 saturated heterocycles. The summed E-state index contributed by atoms with van der Waals surface area (Å²) in [4.78, 5) is 1.05. The molecule has 0 aromatic carbocycles. The van der Waals surface area contributed by atoms with Crippen molar-refractivity contribution < 1.29 is 8.42 Å². The molecular weight excluding hydrogens is 304 g/mol. The second kappa shape index (κ2) is 6.10. The highest BCUT2D eigenvalue weighted by atomic mass is 35.5. The molecule has 0 bridgehead atoms. The van der Waals surface area contributed by atoms with Gasteiger partial charge in [-0.2, -0.15) is 0 Å². The van der Waals surface area contributed by atoms with E-state index in [1.807, 2.05) is 6.07 Å². The van der Waals surface area contributed by atoms with E-state index < -0.39 is 15.6 Å². The third kappa shape index (κ3) is 5.04. The maximum absolute atomic E-state index is 12.2. The average molecular weight is 327 g/mol. The van der Waals surface area contributed by atoms with E-state index in [0.717, 1.165) is 4.88 Å². The first kappa shape index (κ1) is 18.9. The molecule has 112 valence electrons. The lowest BCUT2D eigenvalue weighted by Gasteiger charge is -2.23. The van der Waals surface area contributed by atoms with Crippen molar-refractivity contribution in [2.24, 2.45) is 5.73 Å². The molecule has 1 aromatic heterocycles. The van der Waals surface area contributed by atoms with Crippen molar-refractivity contribution in [1.29, 1.82) is 0 Å². The van der Waals surface area contributed by atoms with Crippen LogP contribution in [-0.2, 0) is 15.4 Å². The van der Waals surface area contributed by atoms with E-state index in [2.05, 4.69) is 25.5 Å². The van der Waals surface area contributed by atoms with Crippen LogP contribution in [0.2, 0.25) is 0 Å². The predicted octanol–water partition coefficient (Wildman–Crippen LogP) is 2.48. The van der Waals surface area contributed by atoms with Gasteiger partial charge >= 0.3 is 0 Å². The molecule has 0 amide bonds. The van der Waals surface area contributed by atoms with Crippen LogP contribution in [0.25, 0.3) is 0 Å². The molecule has 0 spiro atoms. The molecule has 0 aliphatic rings. The van der Waals surface area contributed by atoms with Gasteiger partial charge in [-0.1, -0.05) is 20.8 Å². The second-order valence-corrected chi connectivity index (χ2v) is 9.06. The Balaban J connectivity index is 0.00000324. The Morgan fingerprint density at radius 3 is 2.11 bits per heavy atom. The third-order valence-corrected chi connectivity index (χ3v) is 6.21. The molecule has 3 N–H and O–H groups in total. The van der Waals surface area contributed by atoms with Crippen LogP contribution in [0, 0.1) is 0 Å². The standard InChI is InChI=1S/C12H22N2O2S2.ClH/c1-11(2,3)9-6-7-10(17-9)18(15,16)14-12(4,5)8-13;/h6-7,14H,8,13H2,1-5H3;1H. The van der Waals surface area contributed by atoms with E-state index in [1.54, 1.807) is 19.9 Å². The predicted molar refractivity (Wildman–Crippen MR) is 83.7 cm³/mol. The van der Waals surface area contributed by atoms with Gasteiger partial charge in [-0.05, 0) is 31.4 Å². The lowest BCUT2D eigenvalue weighted by Crippen LogP contribution is -2.48. The van der Waals surface area contributed by atoms with Gasteiger partial charge in [0, 0.05) is 17.0 Å².